The van der Waals surface area contributed by atoms with Gasteiger partial charge in [0.2, 0.25) is 5.91 Å². The summed E-state index contributed by atoms with van der Waals surface area (Å²) in [5, 5.41) is 7.26. The highest BCUT2D eigenvalue weighted by atomic mass is 16.5. The largest absolute Gasteiger partial charge is 0.361 e. The minimum Gasteiger partial charge on any atom is -0.361 e. The lowest BCUT2D eigenvalue weighted by molar-refractivity contribution is -0.128. The molecule has 3 atom stereocenters. The van der Waals surface area contributed by atoms with Crippen LogP contribution in [-0.2, 0) is 4.79 Å². The fourth-order valence-electron chi connectivity index (χ4n) is 4.66. The van der Waals surface area contributed by atoms with Crippen molar-refractivity contribution in [2.45, 2.75) is 71.4 Å². The molecule has 5 heteroatoms. The Morgan fingerprint density at radius 2 is 2.00 bits per heavy atom. The summed E-state index contributed by atoms with van der Waals surface area (Å²) in [5.41, 5.74) is 8.25. The molecule has 0 spiro atoms. The van der Waals surface area contributed by atoms with Crippen LogP contribution in [0.5, 0.6) is 0 Å². The number of hydrogen-bond acceptors (Lipinski definition) is 4. The first-order chi connectivity index (χ1) is 11.0. The topological polar surface area (TPSA) is 81.2 Å². The lowest BCUT2D eigenvalue weighted by Crippen LogP contribution is -2.49. The molecule has 1 aromatic rings. The zero-order valence-electron chi connectivity index (χ0n) is 14.5. The molecule has 2 fully saturated rings. The van der Waals surface area contributed by atoms with Gasteiger partial charge in [-0.2, -0.15) is 0 Å². The Morgan fingerprint density at radius 1 is 1.35 bits per heavy atom. The van der Waals surface area contributed by atoms with Gasteiger partial charge in [-0.05, 0) is 57.8 Å². The van der Waals surface area contributed by atoms with Gasteiger partial charge in [-0.15, -0.1) is 0 Å². The van der Waals surface area contributed by atoms with Gasteiger partial charge in [0, 0.05) is 17.5 Å². The maximum Gasteiger partial charge on any atom is 0.223 e. The minimum atomic E-state index is -0.0100. The number of nitrogens with zero attached hydrogens (tertiary/aromatic N) is 1. The predicted molar refractivity (Wildman–Crippen MR) is 88.7 cm³/mol. The van der Waals surface area contributed by atoms with E-state index in [-0.39, 0.29) is 17.9 Å². The van der Waals surface area contributed by atoms with Crippen LogP contribution in [0.2, 0.25) is 0 Å². The number of rotatable bonds is 4. The zero-order valence-corrected chi connectivity index (χ0v) is 14.5. The van der Waals surface area contributed by atoms with Crippen LogP contribution in [0.1, 0.15) is 68.5 Å². The molecular formula is C18H29N3O2. The van der Waals surface area contributed by atoms with Crippen molar-refractivity contribution in [3.63, 3.8) is 0 Å². The maximum atomic E-state index is 12.8. The van der Waals surface area contributed by atoms with Crippen LogP contribution >= 0.6 is 0 Å². The number of carbonyl (C=O) groups is 1. The highest BCUT2D eigenvalue weighted by Crippen LogP contribution is 2.42. The van der Waals surface area contributed by atoms with Crippen LogP contribution in [0.15, 0.2) is 4.52 Å². The average Bonchev–Trinajstić information content (AvgIpc) is 2.83. The summed E-state index contributed by atoms with van der Waals surface area (Å²) in [5.74, 6) is 2.15. The van der Waals surface area contributed by atoms with Crippen molar-refractivity contribution in [3.05, 3.63) is 17.0 Å². The zero-order chi connectivity index (χ0) is 16.6. The van der Waals surface area contributed by atoms with Crippen LogP contribution in [0.25, 0.3) is 0 Å². The van der Waals surface area contributed by atoms with E-state index in [0.717, 1.165) is 36.3 Å². The predicted octanol–water partition coefficient (Wildman–Crippen LogP) is 3.01. The molecule has 3 unspecified atom stereocenters. The van der Waals surface area contributed by atoms with Crippen molar-refractivity contribution in [3.8, 4) is 0 Å². The van der Waals surface area contributed by atoms with E-state index in [1.807, 2.05) is 13.8 Å². The van der Waals surface area contributed by atoms with Gasteiger partial charge < -0.3 is 15.6 Å². The fraction of sp³-hybridized carbons (Fsp3) is 0.778. The highest BCUT2D eigenvalue weighted by molar-refractivity contribution is 5.79. The van der Waals surface area contributed by atoms with Crippen LogP contribution < -0.4 is 11.1 Å². The van der Waals surface area contributed by atoms with Crippen LogP contribution in [0, 0.1) is 31.6 Å². The highest BCUT2D eigenvalue weighted by Gasteiger charge is 2.41. The fourth-order valence-corrected chi connectivity index (χ4v) is 4.66. The van der Waals surface area contributed by atoms with Crippen LogP contribution in [-0.4, -0.2) is 17.1 Å². The van der Waals surface area contributed by atoms with Gasteiger partial charge in [-0.3, -0.25) is 4.79 Å². The molecule has 2 aliphatic rings. The number of amides is 1. The number of nitrogens with two attached hydrogens (primary N) is 1. The quantitative estimate of drug-likeness (QED) is 0.894. The third-order valence-electron chi connectivity index (χ3n) is 5.95. The van der Waals surface area contributed by atoms with Crippen molar-refractivity contribution >= 4 is 5.91 Å². The SMILES string of the molecule is CCC(NC(=O)C1CC2CCCC(C1)C2N)c1c(C)noc1C. The summed E-state index contributed by atoms with van der Waals surface area (Å²) in [7, 11) is 0. The Kier molecular flexibility index (Phi) is 4.76. The van der Waals surface area contributed by atoms with E-state index in [4.69, 9.17) is 10.3 Å². The number of aryl methyl sites for hydroxylation is 2. The van der Waals surface area contributed by atoms with Gasteiger partial charge in [0.05, 0.1) is 11.7 Å². The molecule has 2 aliphatic carbocycles. The van der Waals surface area contributed by atoms with Gasteiger partial charge in [-0.25, -0.2) is 0 Å². The van der Waals surface area contributed by atoms with Gasteiger partial charge in [0.15, 0.2) is 0 Å². The Morgan fingerprint density at radius 3 is 2.52 bits per heavy atom. The Hall–Kier alpha value is -1.36. The van der Waals surface area contributed by atoms with Crippen LogP contribution in [0.3, 0.4) is 0 Å². The molecular weight excluding hydrogens is 290 g/mol. The molecule has 3 N–H and O–H groups in total. The Balaban J connectivity index is 1.69. The monoisotopic (exact) mass is 319 g/mol. The van der Waals surface area contributed by atoms with Gasteiger partial charge in [-0.1, -0.05) is 18.5 Å². The Labute approximate surface area is 138 Å². The molecule has 1 amide bonds. The van der Waals surface area contributed by atoms with E-state index in [9.17, 15) is 4.79 Å². The third-order valence-corrected chi connectivity index (χ3v) is 5.95. The second kappa shape index (κ2) is 6.63. The summed E-state index contributed by atoms with van der Waals surface area (Å²) in [6.07, 6.45) is 6.37. The van der Waals surface area contributed by atoms with Gasteiger partial charge in [0.25, 0.3) is 0 Å². The second-order valence-electron chi connectivity index (χ2n) is 7.40. The lowest BCUT2D eigenvalue weighted by atomic mass is 9.65. The third kappa shape index (κ3) is 3.16. The summed E-state index contributed by atoms with van der Waals surface area (Å²) < 4.78 is 5.26. The standard InChI is InChI=1S/C18H29N3O2/c1-4-15(16-10(2)21-23-11(16)3)20-18(22)14-8-12-6-5-7-13(9-14)17(12)19/h12-15,17H,4-9,19H2,1-3H3,(H,20,22). The van der Waals surface area contributed by atoms with Crippen molar-refractivity contribution in [1.29, 1.82) is 0 Å². The molecule has 23 heavy (non-hydrogen) atoms. The first kappa shape index (κ1) is 16.5. The van der Waals surface area contributed by atoms with Crippen molar-refractivity contribution in [1.82, 2.24) is 10.5 Å². The molecule has 0 aromatic carbocycles. The lowest BCUT2D eigenvalue weighted by Gasteiger charge is -2.43. The average molecular weight is 319 g/mol. The molecule has 0 saturated heterocycles. The molecule has 1 aromatic heterocycles. The van der Waals surface area contributed by atoms with E-state index in [1.165, 1.54) is 19.3 Å². The number of nitrogens with one attached hydrogen (secondary N) is 1. The van der Waals surface area contributed by atoms with Gasteiger partial charge >= 0.3 is 0 Å². The number of hydrogen-bond donors (Lipinski definition) is 2. The molecule has 2 saturated carbocycles. The number of aromatic nitrogens is 1. The maximum absolute atomic E-state index is 12.8. The smallest absolute Gasteiger partial charge is 0.223 e. The first-order valence-corrected chi connectivity index (χ1v) is 9.00. The second-order valence-corrected chi connectivity index (χ2v) is 7.40. The minimum absolute atomic E-state index is 0.0100. The van der Waals surface area contributed by atoms with Crippen molar-refractivity contribution < 1.29 is 9.32 Å². The number of carbonyl (C=O) groups excluding carboxylic acids is 1. The molecule has 0 radical (unpaired) electrons. The summed E-state index contributed by atoms with van der Waals surface area (Å²) >= 11 is 0. The van der Waals surface area contributed by atoms with E-state index in [2.05, 4.69) is 17.4 Å². The van der Waals surface area contributed by atoms with E-state index >= 15 is 0 Å². The molecule has 0 aliphatic heterocycles. The van der Waals surface area contributed by atoms with Gasteiger partial charge in [0.1, 0.15) is 5.76 Å². The molecule has 128 valence electrons. The molecule has 5 nitrogen and oxygen atoms in total. The van der Waals surface area contributed by atoms with Crippen molar-refractivity contribution in [2.75, 3.05) is 0 Å². The molecule has 2 bridgehead atoms. The van der Waals surface area contributed by atoms with E-state index in [1.54, 1.807) is 0 Å². The first-order valence-electron chi connectivity index (χ1n) is 9.00. The molecule has 3 rings (SSSR count). The summed E-state index contributed by atoms with van der Waals surface area (Å²) in [6.45, 7) is 5.93. The van der Waals surface area contributed by atoms with E-state index < -0.39 is 0 Å². The normalized spacial score (nSPS) is 31.7. The number of fused-ring (bicyclic) bond motifs is 2. The molecule has 1 heterocycles. The summed E-state index contributed by atoms with van der Waals surface area (Å²) in [4.78, 5) is 12.8. The van der Waals surface area contributed by atoms with Crippen LogP contribution in [0.4, 0.5) is 0 Å². The van der Waals surface area contributed by atoms with Crippen molar-refractivity contribution in [2.24, 2.45) is 23.5 Å². The van der Waals surface area contributed by atoms with E-state index in [0.29, 0.717) is 17.9 Å². The summed E-state index contributed by atoms with van der Waals surface area (Å²) in [6, 6.07) is 0.293. The Bertz CT molecular complexity index is 535.